The van der Waals surface area contributed by atoms with Gasteiger partial charge in [0.1, 0.15) is 23.3 Å². The van der Waals surface area contributed by atoms with Crippen LogP contribution in [0.3, 0.4) is 0 Å². The van der Waals surface area contributed by atoms with Gasteiger partial charge in [0.2, 0.25) is 0 Å². The molecule has 3 heterocycles. The monoisotopic (exact) mass is 597 g/mol. The number of benzene rings is 1. The molecule has 4 rings (SSSR count). The molecule has 1 saturated heterocycles. The number of aromatic nitrogens is 4. The number of halogens is 1. The Labute approximate surface area is 248 Å². The maximum atomic E-state index is 15.0. The fourth-order valence-corrected chi connectivity index (χ4v) is 4.81. The van der Waals surface area contributed by atoms with Crippen LogP contribution >= 0.6 is 0 Å². The van der Waals surface area contributed by atoms with Gasteiger partial charge in [0.25, 0.3) is 0 Å². The maximum absolute atomic E-state index is 15.0. The zero-order valence-corrected chi connectivity index (χ0v) is 25.0. The lowest BCUT2D eigenvalue weighted by molar-refractivity contribution is -0.143. The Bertz CT molecular complexity index is 1580. The molecule has 1 fully saturated rings. The first-order chi connectivity index (χ1) is 20.0. The van der Waals surface area contributed by atoms with E-state index in [1.165, 1.54) is 24.8 Å². The van der Waals surface area contributed by atoms with Gasteiger partial charge in [-0.2, -0.15) is 0 Å². The number of carboxylic acids is 1. The predicted octanol–water partition coefficient (Wildman–Crippen LogP) is 4.56. The number of amides is 2. The number of aliphatic carboxylic acids is 1. The van der Waals surface area contributed by atoms with Crippen LogP contribution in [-0.4, -0.2) is 72.6 Å². The number of nitrogens with zero attached hydrogens (tertiary/aromatic N) is 5. The summed E-state index contributed by atoms with van der Waals surface area (Å²) in [5.74, 6) is -1.59. The molecule has 0 bridgehead atoms. The van der Waals surface area contributed by atoms with Crippen LogP contribution in [0.5, 0.6) is 0 Å². The van der Waals surface area contributed by atoms with E-state index in [0.29, 0.717) is 22.4 Å². The second-order valence-electron chi connectivity index (χ2n) is 12.2. The second kappa shape index (κ2) is 11.5. The molecule has 1 atom stereocenters. The average molecular weight is 598 g/mol. The van der Waals surface area contributed by atoms with E-state index in [4.69, 9.17) is 9.47 Å². The summed E-state index contributed by atoms with van der Waals surface area (Å²) >= 11 is 0. The van der Waals surface area contributed by atoms with Crippen molar-refractivity contribution in [3.63, 3.8) is 0 Å². The Morgan fingerprint density at radius 3 is 2.40 bits per heavy atom. The van der Waals surface area contributed by atoms with Gasteiger partial charge in [0, 0.05) is 29.8 Å². The van der Waals surface area contributed by atoms with E-state index in [2.05, 4.69) is 32.2 Å². The molecular formula is C29H36FN7O6. The third-order valence-corrected chi connectivity index (χ3v) is 6.59. The Morgan fingerprint density at radius 2 is 1.77 bits per heavy atom. The highest BCUT2D eigenvalue weighted by molar-refractivity contribution is 5.93. The van der Waals surface area contributed by atoms with Crippen LogP contribution in [0.4, 0.5) is 25.5 Å². The summed E-state index contributed by atoms with van der Waals surface area (Å²) < 4.78 is 27.3. The van der Waals surface area contributed by atoms with Gasteiger partial charge in [-0.1, -0.05) is 12.7 Å². The number of anilines is 2. The smallest absolute Gasteiger partial charge is 0.413 e. The van der Waals surface area contributed by atoms with Crippen molar-refractivity contribution >= 4 is 46.9 Å². The third kappa shape index (κ3) is 7.01. The van der Waals surface area contributed by atoms with Gasteiger partial charge in [-0.3, -0.25) is 5.32 Å². The topological polar surface area (TPSA) is 161 Å². The number of imidazole rings is 1. The first kappa shape index (κ1) is 31.2. The van der Waals surface area contributed by atoms with E-state index in [1.807, 2.05) is 0 Å². The minimum absolute atomic E-state index is 0.0733. The molecule has 14 heteroatoms. The molecule has 0 radical (unpaired) electrons. The van der Waals surface area contributed by atoms with E-state index in [-0.39, 0.29) is 37.4 Å². The van der Waals surface area contributed by atoms with E-state index < -0.39 is 40.7 Å². The number of rotatable bonds is 7. The predicted molar refractivity (Wildman–Crippen MR) is 157 cm³/mol. The molecule has 2 amide bonds. The number of nitrogens with one attached hydrogen (secondary N) is 2. The highest BCUT2D eigenvalue weighted by atomic mass is 19.1. The number of hydrogen-bond donors (Lipinski definition) is 3. The summed E-state index contributed by atoms with van der Waals surface area (Å²) in [5, 5.41) is 15.3. The SMILES string of the molecule is C=Cc1c(F)ccc(N2CCC(NC(=O)OC(C)(C)C)(C(=O)O)C2)c1Cn1cnc2c(NC(=O)OC(C)(C)C)ncnc21. The molecule has 1 aliphatic heterocycles. The molecule has 0 saturated carbocycles. The van der Waals surface area contributed by atoms with Gasteiger partial charge in [-0.05, 0) is 53.7 Å². The van der Waals surface area contributed by atoms with Crippen molar-refractivity contribution in [1.29, 1.82) is 0 Å². The molecule has 230 valence electrons. The van der Waals surface area contributed by atoms with Crippen LogP contribution in [0.2, 0.25) is 0 Å². The zero-order valence-electron chi connectivity index (χ0n) is 25.0. The van der Waals surface area contributed by atoms with Gasteiger partial charge in [0.05, 0.1) is 19.4 Å². The molecule has 0 aliphatic carbocycles. The molecule has 1 aromatic carbocycles. The number of alkyl carbamates (subject to hydrolysis) is 1. The molecule has 1 unspecified atom stereocenters. The van der Waals surface area contributed by atoms with Crippen LogP contribution in [0.15, 0.2) is 31.4 Å². The van der Waals surface area contributed by atoms with Crippen molar-refractivity contribution < 1.29 is 33.4 Å². The standard InChI is InChI=1S/C29H36FN7O6/c1-8-17-18(13-37-16-33-21-22(31-15-32-23(21)37)34-25(40)42-27(2,3)4)20(10-9-19(17)30)36-12-11-29(14-36,24(38)39)35-26(41)43-28(5,6)7/h8-10,15-16H,1,11-14H2,2-7H3,(H,35,41)(H,38,39)(H,31,32,34,40). The first-order valence-electron chi connectivity index (χ1n) is 13.6. The first-order valence-corrected chi connectivity index (χ1v) is 13.6. The van der Waals surface area contributed by atoms with Crippen LogP contribution in [-0.2, 0) is 20.8 Å². The maximum Gasteiger partial charge on any atom is 0.413 e. The lowest BCUT2D eigenvalue weighted by Crippen LogP contribution is -2.57. The number of carbonyl (C=O) groups is 3. The van der Waals surface area contributed by atoms with Gasteiger partial charge < -0.3 is 29.4 Å². The number of hydrogen-bond acceptors (Lipinski definition) is 9. The van der Waals surface area contributed by atoms with Gasteiger partial charge in [-0.25, -0.2) is 33.7 Å². The average Bonchev–Trinajstić information content (AvgIpc) is 3.48. The van der Waals surface area contributed by atoms with E-state index in [1.54, 1.807) is 57.1 Å². The quantitative estimate of drug-likeness (QED) is 0.352. The summed E-state index contributed by atoms with van der Waals surface area (Å²) in [7, 11) is 0. The molecule has 43 heavy (non-hydrogen) atoms. The van der Waals surface area contributed by atoms with Gasteiger partial charge in [-0.15, -0.1) is 0 Å². The Hall–Kier alpha value is -4.75. The molecular weight excluding hydrogens is 561 g/mol. The highest BCUT2D eigenvalue weighted by Gasteiger charge is 2.47. The largest absolute Gasteiger partial charge is 0.479 e. The number of carboxylic acid groups (broad SMARTS) is 1. The minimum Gasteiger partial charge on any atom is -0.479 e. The van der Waals surface area contributed by atoms with Crippen molar-refractivity contribution in [2.24, 2.45) is 0 Å². The van der Waals surface area contributed by atoms with Crippen molar-refractivity contribution in [2.75, 3.05) is 23.3 Å². The molecule has 2 aromatic heterocycles. The van der Waals surface area contributed by atoms with Crippen molar-refractivity contribution in [2.45, 2.75) is 71.2 Å². The molecule has 1 aliphatic rings. The zero-order chi connectivity index (χ0) is 31.7. The summed E-state index contributed by atoms with van der Waals surface area (Å²) in [6.45, 7) is 14.3. The summed E-state index contributed by atoms with van der Waals surface area (Å²) in [6.07, 6.45) is 2.66. The van der Waals surface area contributed by atoms with Crippen molar-refractivity contribution in [3.8, 4) is 0 Å². The fraction of sp³-hybridized carbons (Fsp3) is 0.448. The van der Waals surface area contributed by atoms with Crippen LogP contribution in [0.25, 0.3) is 17.2 Å². The van der Waals surface area contributed by atoms with E-state index in [0.717, 1.165) is 0 Å². The third-order valence-electron chi connectivity index (χ3n) is 6.59. The van der Waals surface area contributed by atoms with Crippen molar-refractivity contribution in [1.82, 2.24) is 24.8 Å². The lowest BCUT2D eigenvalue weighted by atomic mass is 9.99. The Balaban J connectivity index is 1.67. The molecule has 3 aromatic rings. The Morgan fingerprint density at radius 1 is 1.09 bits per heavy atom. The van der Waals surface area contributed by atoms with E-state index >= 15 is 4.39 Å². The normalized spacial score (nSPS) is 17.0. The number of ether oxygens (including phenoxy) is 2. The lowest BCUT2D eigenvalue weighted by Gasteiger charge is -2.29. The van der Waals surface area contributed by atoms with E-state index in [9.17, 15) is 19.5 Å². The summed E-state index contributed by atoms with van der Waals surface area (Å²) in [6, 6.07) is 2.85. The van der Waals surface area contributed by atoms with Crippen LogP contribution in [0, 0.1) is 5.82 Å². The summed E-state index contributed by atoms with van der Waals surface area (Å²) in [4.78, 5) is 51.9. The van der Waals surface area contributed by atoms with Gasteiger partial charge >= 0.3 is 18.2 Å². The Kier molecular flexibility index (Phi) is 8.34. The van der Waals surface area contributed by atoms with Crippen LogP contribution in [0.1, 0.15) is 59.1 Å². The number of fused-ring (bicyclic) bond motifs is 1. The van der Waals surface area contributed by atoms with Crippen LogP contribution < -0.4 is 15.5 Å². The van der Waals surface area contributed by atoms with Crippen molar-refractivity contribution in [3.05, 3.63) is 48.3 Å². The molecule has 3 N–H and O–H groups in total. The second-order valence-corrected chi connectivity index (χ2v) is 12.2. The highest BCUT2D eigenvalue weighted by Crippen LogP contribution is 2.34. The summed E-state index contributed by atoms with van der Waals surface area (Å²) in [5.41, 5.74) is -1.25. The van der Waals surface area contributed by atoms with Gasteiger partial charge in [0.15, 0.2) is 22.5 Å². The minimum atomic E-state index is -1.63. The fourth-order valence-electron chi connectivity index (χ4n) is 4.81. The molecule has 13 nitrogen and oxygen atoms in total. The molecule has 0 spiro atoms. The number of carbonyl (C=O) groups excluding carboxylic acids is 2.